The molecule has 3 rings (SSSR count). The largest absolute Gasteiger partial charge is 0.379 e. The Kier molecular flexibility index (Phi) is 3.47. The Bertz CT molecular complexity index is 625. The summed E-state index contributed by atoms with van der Waals surface area (Å²) in [5.41, 5.74) is 1.16. The third-order valence-corrected chi connectivity index (χ3v) is 4.64. The van der Waals surface area contributed by atoms with Crippen molar-refractivity contribution >= 4 is 21.8 Å². The van der Waals surface area contributed by atoms with Crippen LogP contribution in [0.2, 0.25) is 0 Å². The van der Waals surface area contributed by atoms with E-state index in [2.05, 4.69) is 4.83 Å². The van der Waals surface area contributed by atoms with Crippen LogP contribution in [0.3, 0.4) is 0 Å². The molecule has 108 valence electrons. The molecule has 1 aromatic carbocycles. The Hall–Kier alpha value is -1.48. The second kappa shape index (κ2) is 5.13. The first-order valence-corrected chi connectivity index (χ1v) is 7.78. The zero-order valence-corrected chi connectivity index (χ0v) is 11.6. The van der Waals surface area contributed by atoms with Crippen molar-refractivity contribution < 1.29 is 17.9 Å². The van der Waals surface area contributed by atoms with Crippen molar-refractivity contribution in [1.29, 1.82) is 0 Å². The SMILES string of the molecule is O=C1Cc2ccccc2N1S(=O)(=O)NN1CCOCC1. The highest BCUT2D eigenvalue weighted by Gasteiger charge is 2.37. The summed E-state index contributed by atoms with van der Waals surface area (Å²) >= 11 is 0. The molecule has 0 radical (unpaired) electrons. The van der Waals surface area contributed by atoms with Crippen LogP contribution in [0.25, 0.3) is 0 Å². The van der Waals surface area contributed by atoms with E-state index in [4.69, 9.17) is 4.74 Å². The highest BCUT2D eigenvalue weighted by atomic mass is 32.2. The Morgan fingerprint density at radius 3 is 2.60 bits per heavy atom. The summed E-state index contributed by atoms with van der Waals surface area (Å²) in [6, 6.07) is 6.91. The van der Waals surface area contributed by atoms with E-state index in [0.717, 1.165) is 9.87 Å². The van der Waals surface area contributed by atoms with Crippen molar-refractivity contribution in [3.05, 3.63) is 29.8 Å². The molecule has 0 unspecified atom stereocenters. The van der Waals surface area contributed by atoms with E-state index < -0.39 is 16.1 Å². The standard InChI is InChI=1S/C12H15N3O4S/c16-12-9-10-3-1-2-4-11(10)15(12)20(17,18)13-14-5-7-19-8-6-14/h1-4,13H,5-9H2. The molecular formula is C12H15N3O4S. The Morgan fingerprint density at radius 2 is 1.85 bits per heavy atom. The number of amides is 1. The molecule has 2 aliphatic heterocycles. The van der Waals surface area contributed by atoms with Gasteiger partial charge in [-0.25, -0.2) is 5.01 Å². The first-order valence-electron chi connectivity index (χ1n) is 6.34. The molecule has 0 aromatic heterocycles. The minimum atomic E-state index is -3.92. The fraction of sp³-hybridized carbons (Fsp3) is 0.417. The van der Waals surface area contributed by atoms with Gasteiger partial charge in [0.15, 0.2) is 0 Å². The lowest BCUT2D eigenvalue weighted by molar-refractivity contribution is -0.116. The number of hydrogen-bond acceptors (Lipinski definition) is 5. The summed E-state index contributed by atoms with van der Waals surface area (Å²) in [6.07, 6.45) is 0.111. The quantitative estimate of drug-likeness (QED) is 0.825. The maximum Gasteiger partial charge on any atom is 0.321 e. The number of nitrogens with zero attached hydrogens (tertiary/aromatic N) is 2. The summed E-state index contributed by atoms with van der Waals surface area (Å²) in [5, 5.41) is 1.55. The van der Waals surface area contributed by atoms with Crippen LogP contribution in [0.4, 0.5) is 5.69 Å². The molecule has 0 atom stereocenters. The van der Waals surface area contributed by atoms with Crippen molar-refractivity contribution in [2.75, 3.05) is 30.6 Å². The summed E-state index contributed by atoms with van der Waals surface area (Å²) in [5.74, 6) is -0.438. The lowest BCUT2D eigenvalue weighted by Gasteiger charge is -2.29. The van der Waals surface area contributed by atoms with Gasteiger partial charge < -0.3 is 4.74 Å². The van der Waals surface area contributed by atoms with Crippen LogP contribution in [-0.4, -0.2) is 45.6 Å². The van der Waals surface area contributed by atoms with E-state index in [1.807, 2.05) is 0 Å². The van der Waals surface area contributed by atoms with Gasteiger partial charge in [-0.3, -0.25) is 4.79 Å². The number of nitrogens with one attached hydrogen (secondary N) is 1. The second-order valence-electron chi connectivity index (χ2n) is 4.66. The molecule has 0 saturated carbocycles. The van der Waals surface area contributed by atoms with Gasteiger partial charge in [-0.2, -0.15) is 12.7 Å². The molecule has 2 heterocycles. The van der Waals surface area contributed by atoms with E-state index in [1.165, 1.54) is 0 Å². The molecule has 1 aromatic rings. The maximum absolute atomic E-state index is 12.4. The Labute approximate surface area is 117 Å². The fourth-order valence-corrected chi connectivity index (χ4v) is 3.71. The molecule has 20 heavy (non-hydrogen) atoms. The number of rotatable bonds is 3. The van der Waals surface area contributed by atoms with E-state index in [1.54, 1.807) is 29.3 Å². The molecular weight excluding hydrogens is 282 g/mol. The molecule has 0 bridgehead atoms. The molecule has 7 nitrogen and oxygen atoms in total. The first-order chi connectivity index (χ1) is 9.58. The molecule has 2 aliphatic rings. The predicted octanol–water partition coefficient (Wildman–Crippen LogP) is -0.343. The summed E-state index contributed by atoms with van der Waals surface area (Å²) in [7, 11) is -3.92. The number of ether oxygens (including phenoxy) is 1. The lowest BCUT2D eigenvalue weighted by atomic mass is 10.2. The van der Waals surface area contributed by atoms with Crippen molar-refractivity contribution in [3.63, 3.8) is 0 Å². The van der Waals surface area contributed by atoms with Gasteiger partial charge in [-0.15, -0.1) is 4.83 Å². The normalized spacial score (nSPS) is 20.2. The number of carbonyl (C=O) groups excluding carboxylic acids is 1. The topological polar surface area (TPSA) is 79.0 Å². The lowest BCUT2D eigenvalue weighted by Crippen LogP contribution is -2.53. The fourth-order valence-electron chi connectivity index (χ4n) is 2.35. The molecule has 0 spiro atoms. The van der Waals surface area contributed by atoms with Gasteiger partial charge in [0.05, 0.1) is 25.3 Å². The Morgan fingerprint density at radius 1 is 1.15 bits per heavy atom. The van der Waals surface area contributed by atoms with Crippen molar-refractivity contribution in [1.82, 2.24) is 9.84 Å². The summed E-state index contributed by atoms with van der Waals surface area (Å²) in [4.78, 5) is 14.4. The molecule has 1 amide bonds. The van der Waals surface area contributed by atoms with E-state index in [9.17, 15) is 13.2 Å². The van der Waals surface area contributed by atoms with Crippen LogP contribution in [0, 0.1) is 0 Å². The van der Waals surface area contributed by atoms with Gasteiger partial charge in [0, 0.05) is 13.1 Å². The van der Waals surface area contributed by atoms with E-state index >= 15 is 0 Å². The molecule has 1 N–H and O–H groups in total. The maximum atomic E-state index is 12.4. The molecule has 8 heteroatoms. The van der Waals surface area contributed by atoms with Gasteiger partial charge in [-0.05, 0) is 11.6 Å². The van der Waals surface area contributed by atoms with Crippen LogP contribution in [0.1, 0.15) is 5.56 Å². The van der Waals surface area contributed by atoms with Crippen LogP contribution in [0.15, 0.2) is 24.3 Å². The van der Waals surface area contributed by atoms with Crippen LogP contribution >= 0.6 is 0 Å². The molecule has 0 aliphatic carbocycles. The minimum Gasteiger partial charge on any atom is -0.379 e. The highest BCUT2D eigenvalue weighted by molar-refractivity contribution is 7.91. The molecule has 1 saturated heterocycles. The average Bonchev–Trinajstić information content (AvgIpc) is 2.75. The highest BCUT2D eigenvalue weighted by Crippen LogP contribution is 2.30. The van der Waals surface area contributed by atoms with Crippen molar-refractivity contribution in [2.45, 2.75) is 6.42 Å². The number of para-hydroxylation sites is 1. The monoisotopic (exact) mass is 297 g/mol. The zero-order valence-electron chi connectivity index (χ0n) is 10.8. The van der Waals surface area contributed by atoms with Crippen LogP contribution in [0.5, 0.6) is 0 Å². The van der Waals surface area contributed by atoms with Crippen LogP contribution in [-0.2, 0) is 26.2 Å². The van der Waals surface area contributed by atoms with E-state index in [0.29, 0.717) is 32.0 Å². The number of hydrazine groups is 1. The minimum absolute atomic E-state index is 0.111. The third kappa shape index (κ3) is 2.42. The average molecular weight is 297 g/mol. The first kappa shape index (κ1) is 13.5. The number of hydrogen-bond donors (Lipinski definition) is 1. The smallest absolute Gasteiger partial charge is 0.321 e. The van der Waals surface area contributed by atoms with Gasteiger partial charge >= 0.3 is 10.2 Å². The summed E-state index contributed by atoms with van der Waals surface area (Å²) < 4.78 is 30.8. The number of fused-ring (bicyclic) bond motifs is 1. The second-order valence-corrected chi connectivity index (χ2v) is 6.16. The number of benzene rings is 1. The van der Waals surface area contributed by atoms with E-state index in [-0.39, 0.29) is 6.42 Å². The number of carbonyl (C=O) groups is 1. The number of anilines is 1. The zero-order chi connectivity index (χ0) is 14.2. The Balaban J connectivity index is 1.85. The summed E-state index contributed by atoms with van der Waals surface area (Å²) in [6.45, 7) is 1.85. The van der Waals surface area contributed by atoms with Gasteiger partial charge in [0.1, 0.15) is 0 Å². The van der Waals surface area contributed by atoms with Crippen molar-refractivity contribution in [2.24, 2.45) is 0 Å². The van der Waals surface area contributed by atoms with Crippen molar-refractivity contribution in [3.8, 4) is 0 Å². The van der Waals surface area contributed by atoms with Crippen LogP contribution < -0.4 is 9.14 Å². The van der Waals surface area contributed by atoms with Gasteiger partial charge in [-0.1, -0.05) is 18.2 Å². The predicted molar refractivity (Wildman–Crippen MR) is 72.1 cm³/mol. The third-order valence-electron chi connectivity index (χ3n) is 3.27. The van der Waals surface area contributed by atoms with Gasteiger partial charge in [0.2, 0.25) is 5.91 Å². The number of morpholine rings is 1. The van der Waals surface area contributed by atoms with Gasteiger partial charge in [0.25, 0.3) is 0 Å². The molecule has 1 fully saturated rings.